The predicted octanol–water partition coefficient (Wildman–Crippen LogP) is 3.04. The van der Waals surface area contributed by atoms with Crippen molar-refractivity contribution >= 4 is 11.6 Å². The Bertz CT molecular complexity index is 1130. The van der Waals surface area contributed by atoms with E-state index < -0.39 is 5.97 Å². The molecule has 27 heavy (non-hydrogen) atoms. The minimum Gasteiger partial charge on any atom is -0.463 e. The lowest BCUT2D eigenvalue weighted by Gasteiger charge is -2.08. The van der Waals surface area contributed by atoms with Crippen LogP contribution >= 0.6 is 0 Å². The van der Waals surface area contributed by atoms with E-state index >= 15 is 0 Å². The highest BCUT2D eigenvalue weighted by atomic mass is 16.5. The second-order valence-corrected chi connectivity index (χ2v) is 6.44. The number of fused-ring (bicyclic) bond motifs is 1. The highest BCUT2D eigenvalue weighted by molar-refractivity contribution is 5.85. The largest absolute Gasteiger partial charge is 0.463 e. The zero-order valence-electron chi connectivity index (χ0n) is 15.4. The monoisotopic (exact) mass is 361 g/mol. The molecule has 0 spiro atoms. The zero-order valence-corrected chi connectivity index (χ0v) is 15.4. The molecule has 0 amide bonds. The maximum Gasteiger partial charge on any atom is 0.375 e. The quantitative estimate of drug-likeness (QED) is 0.522. The predicted molar refractivity (Wildman–Crippen MR) is 101 cm³/mol. The van der Waals surface area contributed by atoms with Crippen molar-refractivity contribution in [3.63, 3.8) is 0 Å². The second-order valence-electron chi connectivity index (χ2n) is 6.44. The molecule has 0 aliphatic heterocycles. The number of methoxy groups -OCH3 is 1. The van der Waals surface area contributed by atoms with Crippen molar-refractivity contribution in [1.29, 1.82) is 0 Å². The summed E-state index contributed by atoms with van der Waals surface area (Å²) in [5.41, 5.74) is 5.93. The summed E-state index contributed by atoms with van der Waals surface area (Å²) in [6, 6.07) is 12.2. The molecule has 1 aromatic carbocycles. The van der Waals surface area contributed by atoms with Crippen LogP contribution in [0.3, 0.4) is 0 Å². The summed E-state index contributed by atoms with van der Waals surface area (Å²) >= 11 is 0. The Kier molecular flexibility index (Phi) is 4.19. The third kappa shape index (κ3) is 3.08. The highest BCUT2D eigenvalue weighted by Gasteiger charge is 2.19. The molecule has 0 aliphatic rings. The molecule has 0 unspecified atom stereocenters. The molecule has 7 heteroatoms. The molecular weight excluding hydrogens is 342 g/mol. The van der Waals surface area contributed by atoms with E-state index in [4.69, 9.17) is 9.72 Å². The number of pyridine rings is 1. The van der Waals surface area contributed by atoms with E-state index in [2.05, 4.69) is 41.3 Å². The number of rotatable bonds is 4. The Morgan fingerprint density at radius 3 is 2.56 bits per heavy atom. The number of carbonyl (C=O) groups is 1. The van der Waals surface area contributed by atoms with Crippen LogP contribution in [0.25, 0.3) is 16.9 Å². The number of ether oxygens (including phenoxy) is 1. The molecule has 0 aliphatic carbocycles. The van der Waals surface area contributed by atoms with Crippen LogP contribution in [0, 0.1) is 13.8 Å². The van der Waals surface area contributed by atoms with E-state index in [9.17, 15) is 4.79 Å². The van der Waals surface area contributed by atoms with Crippen molar-refractivity contribution in [1.82, 2.24) is 24.1 Å². The maximum absolute atomic E-state index is 12.0. The van der Waals surface area contributed by atoms with Crippen LogP contribution in [0.2, 0.25) is 0 Å². The topological polar surface area (TPSA) is 74.3 Å². The Hall–Kier alpha value is -3.48. The second kappa shape index (κ2) is 6.68. The minimum absolute atomic E-state index is 0.162. The maximum atomic E-state index is 12.0. The van der Waals surface area contributed by atoms with Gasteiger partial charge in [-0.1, -0.05) is 35.9 Å². The molecule has 0 N–H and O–H groups in total. The smallest absolute Gasteiger partial charge is 0.375 e. The normalized spacial score (nSPS) is 11.1. The molecule has 136 valence electrons. The number of esters is 1. The Morgan fingerprint density at radius 2 is 1.81 bits per heavy atom. The number of imidazole rings is 1. The van der Waals surface area contributed by atoms with Gasteiger partial charge in [0.1, 0.15) is 12.0 Å². The van der Waals surface area contributed by atoms with E-state index in [1.807, 2.05) is 29.7 Å². The molecule has 3 heterocycles. The van der Waals surface area contributed by atoms with Gasteiger partial charge in [0.05, 0.1) is 25.0 Å². The van der Waals surface area contributed by atoms with Crippen molar-refractivity contribution < 1.29 is 9.53 Å². The molecular formula is C20H19N5O2. The number of nitrogens with zero attached hydrogens (tertiary/aromatic N) is 5. The van der Waals surface area contributed by atoms with Crippen LogP contribution in [0.1, 0.15) is 27.4 Å². The van der Waals surface area contributed by atoms with Gasteiger partial charge in [-0.25, -0.2) is 19.4 Å². The fourth-order valence-electron chi connectivity index (χ4n) is 3.06. The van der Waals surface area contributed by atoms with E-state index in [-0.39, 0.29) is 5.82 Å². The van der Waals surface area contributed by atoms with Gasteiger partial charge in [0.15, 0.2) is 0 Å². The standard InChI is InChI=1S/C20H19N5O2/c1-13-4-7-15(8-5-13)18-16(24-10-14(2)6-9-17(24)23-18)11-25-19(20(26)27-3)21-12-22-25/h4-10,12H,11H2,1-3H3. The first-order valence-electron chi connectivity index (χ1n) is 8.57. The summed E-state index contributed by atoms with van der Waals surface area (Å²) in [6.07, 6.45) is 3.39. The van der Waals surface area contributed by atoms with E-state index in [1.165, 1.54) is 23.7 Å². The van der Waals surface area contributed by atoms with Crippen LogP contribution in [0.4, 0.5) is 0 Å². The van der Waals surface area contributed by atoms with Gasteiger partial charge < -0.3 is 9.14 Å². The van der Waals surface area contributed by atoms with Gasteiger partial charge >= 0.3 is 5.97 Å². The summed E-state index contributed by atoms with van der Waals surface area (Å²) in [5, 5.41) is 4.20. The van der Waals surface area contributed by atoms with Gasteiger partial charge in [0.2, 0.25) is 5.82 Å². The highest BCUT2D eigenvalue weighted by Crippen LogP contribution is 2.26. The molecule has 0 radical (unpaired) electrons. The number of hydrogen-bond donors (Lipinski definition) is 0. The lowest BCUT2D eigenvalue weighted by Crippen LogP contribution is -2.15. The van der Waals surface area contributed by atoms with Gasteiger partial charge in [-0.3, -0.25) is 0 Å². The summed E-state index contributed by atoms with van der Waals surface area (Å²) in [7, 11) is 1.33. The molecule has 0 atom stereocenters. The molecule has 7 nitrogen and oxygen atoms in total. The molecule has 3 aromatic heterocycles. The Labute approximate surface area is 156 Å². The van der Waals surface area contributed by atoms with Crippen LogP contribution in [-0.4, -0.2) is 37.2 Å². The molecule has 0 bridgehead atoms. The van der Waals surface area contributed by atoms with Gasteiger partial charge in [-0.15, -0.1) is 0 Å². The third-order valence-electron chi connectivity index (χ3n) is 4.47. The minimum atomic E-state index is -0.519. The van der Waals surface area contributed by atoms with Crippen LogP contribution in [-0.2, 0) is 11.3 Å². The van der Waals surface area contributed by atoms with Crippen molar-refractivity contribution in [2.24, 2.45) is 0 Å². The number of hydrogen-bond acceptors (Lipinski definition) is 5. The number of aromatic nitrogens is 5. The van der Waals surface area contributed by atoms with Gasteiger partial charge in [0.25, 0.3) is 0 Å². The van der Waals surface area contributed by atoms with Crippen LogP contribution in [0.5, 0.6) is 0 Å². The lowest BCUT2D eigenvalue weighted by molar-refractivity contribution is 0.0580. The van der Waals surface area contributed by atoms with E-state index in [1.54, 1.807) is 0 Å². The SMILES string of the molecule is COC(=O)c1ncnn1Cc1c(-c2ccc(C)cc2)nc2ccc(C)cn12. The Balaban J connectivity index is 1.89. The molecule has 0 saturated carbocycles. The number of aryl methyl sites for hydroxylation is 2. The Morgan fingerprint density at radius 1 is 1.07 bits per heavy atom. The van der Waals surface area contributed by atoms with E-state index in [0.29, 0.717) is 6.54 Å². The van der Waals surface area contributed by atoms with Crippen LogP contribution in [0.15, 0.2) is 48.9 Å². The number of carbonyl (C=O) groups excluding carboxylic acids is 1. The van der Waals surface area contributed by atoms with Crippen LogP contribution < -0.4 is 0 Å². The van der Waals surface area contributed by atoms with Gasteiger partial charge in [-0.05, 0) is 25.5 Å². The molecule has 0 saturated heterocycles. The molecule has 4 aromatic rings. The first-order valence-corrected chi connectivity index (χ1v) is 8.57. The van der Waals surface area contributed by atoms with Crippen molar-refractivity contribution in [2.75, 3.05) is 7.11 Å². The lowest BCUT2D eigenvalue weighted by atomic mass is 10.1. The fourth-order valence-corrected chi connectivity index (χ4v) is 3.06. The average Bonchev–Trinajstić information content (AvgIpc) is 3.27. The van der Waals surface area contributed by atoms with E-state index in [0.717, 1.165) is 28.2 Å². The first kappa shape index (κ1) is 17.0. The zero-order chi connectivity index (χ0) is 19.0. The van der Waals surface area contributed by atoms with Gasteiger partial charge in [0, 0.05) is 11.8 Å². The van der Waals surface area contributed by atoms with Gasteiger partial charge in [-0.2, -0.15) is 5.10 Å². The summed E-state index contributed by atoms with van der Waals surface area (Å²) in [5.74, 6) is -0.357. The van der Waals surface area contributed by atoms with Crippen molar-refractivity contribution in [3.05, 3.63) is 71.6 Å². The fraction of sp³-hybridized carbons (Fsp3) is 0.200. The third-order valence-corrected chi connectivity index (χ3v) is 4.47. The molecule has 4 rings (SSSR count). The average molecular weight is 361 g/mol. The molecule has 0 fully saturated rings. The number of benzene rings is 1. The van der Waals surface area contributed by atoms with Crippen molar-refractivity contribution in [2.45, 2.75) is 20.4 Å². The summed E-state index contributed by atoms with van der Waals surface area (Å²) in [4.78, 5) is 20.8. The van der Waals surface area contributed by atoms with Crippen molar-refractivity contribution in [3.8, 4) is 11.3 Å². The summed E-state index contributed by atoms with van der Waals surface area (Å²) in [6.45, 7) is 4.43. The summed E-state index contributed by atoms with van der Waals surface area (Å²) < 4.78 is 8.38. The first-order chi connectivity index (χ1) is 13.1.